The Bertz CT molecular complexity index is 1910. The predicted molar refractivity (Wildman–Crippen MR) is 170 cm³/mol. The number of carbonyl (C=O) groups is 2. The zero-order chi connectivity index (χ0) is 32.2. The summed E-state index contributed by atoms with van der Waals surface area (Å²) in [6.45, 7) is 3.50. The average Bonchev–Trinajstić information content (AvgIpc) is 3.55. The molecule has 3 aliphatic heterocycles. The van der Waals surface area contributed by atoms with Gasteiger partial charge in [0.15, 0.2) is 5.03 Å². The number of imidazole rings is 1. The average molecular weight is 683 g/mol. The van der Waals surface area contributed by atoms with E-state index in [2.05, 4.69) is 15.0 Å². The van der Waals surface area contributed by atoms with Crippen LogP contribution in [0.25, 0.3) is 11.1 Å². The van der Waals surface area contributed by atoms with Gasteiger partial charge in [-0.3, -0.25) is 14.2 Å². The first-order valence-corrected chi connectivity index (χ1v) is 16.9. The van der Waals surface area contributed by atoms with Crippen LogP contribution in [0.5, 0.6) is 0 Å². The Morgan fingerprint density at radius 2 is 1.65 bits per heavy atom. The number of rotatable bonds is 7. The van der Waals surface area contributed by atoms with Gasteiger partial charge in [0, 0.05) is 54.1 Å². The van der Waals surface area contributed by atoms with Gasteiger partial charge in [0.25, 0.3) is 15.9 Å². The highest BCUT2D eigenvalue weighted by Gasteiger charge is 2.54. The van der Waals surface area contributed by atoms with Gasteiger partial charge >= 0.3 is 0 Å². The molecule has 2 fully saturated rings. The fraction of sp³-hybridized carbons (Fsp3) is 0.323. The number of carbonyl (C=O) groups excluding carboxylic acids is 2. The van der Waals surface area contributed by atoms with E-state index < -0.39 is 27.5 Å². The third-order valence-electron chi connectivity index (χ3n) is 8.72. The Morgan fingerprint density at radius 1 is 0.978 bits per heavy atom. The van der Waals surface area contributed by atoms with Crippen LogP contribution in [-0.4, -0.2) is 87.8 Å². The van der Waals surface area contributed by atoms with Crippen molar-refractivity contribution >= 4 is 56.7 Å². The number of halogens is 2. The number of morpholine rings is 1. The second-order valence-corrected chi connectivity index (χ2v) is 14.3. The van der Waals surface area contributed by atoms with Gasteiger partial charge in [-0.05, 0) is 42.7 Å². The molecule has 12 nitrogen and oxygen atoms in total. The van der Waals surface area contributed by atoms with E-state index in [0.29, 0.717) is 48.5 Å². The SMILES string of the molecule is C[C@@]1(Cc2ccc(-c3cncnc3)cc2)C(=O)N(c2cc(Cl)cc(Cl)c2)c2ncc(S(=O)(=O)N3CC[C@@H]3C(=O)N3CCOCC3)n21. The first kappa shape index (κ1) is 30.8. The summed E-state index contributed by atoms with van der Waals surface area (Å²) in [7, 11) is -4.26. The predicted octanol–water partition coefficient (Wildman–Crippen LogP) is 3.90. The molecule has 2 atom stereocenters. The largest absolute Gasteiger partial charge is 0.378 e. The summed E-state index contributed by atoms with van der Waals surface area (Å²) in [5, 5.41) is 0.437. The monoisotopic (exact) mass is 681 g/mol. The van der Waals surface area contributed by atoms with E-state index >= 15 is 0 Å². The van der Waals surface area contributed by atoms with Crippen molar-refractivity contribution in [1.82, 2.24) is 28.7 Å². The molecule has 2 saturated heterocycles. The number of amides is 2. The molecule has 0 spiro atoms. The van der Waals surface area contributed by atoms with Crippen molar-refractivity contribution in [2.75, 3.05) is 37.7 Å². The third kappa shape index (κ3) is 5.16. The molecule has 0 radical (unpaired) electrons. The molecule has 0 aliphatic carbocycles. The summed E-state index contributed by atoms with van der Waals surface area (Å²) in [6, 6.07) is 11.4. The number of fused-ring (bicyclic) bond motifs is 1. The molecule has 3 aliphatic rings. The summed E-state index contributed by atoms with van der Waals surface area (Å²) in [4.78, 5) is 43.4. The first-order valence-electron chi connectivity index (χ1n) is 14.7. The fourth-order valence-electron chi connectivity index (χ4n) is 6.29. The molecule has 4 aromatic rings. The van der Waals surface area contributed by atoms with Crippen LogP contribution in [0.2, 0.25) is 10.0 Å². The second kappa shape index (κ2) is 11.7. The highest BCUT2D eigenvalue weighted by molar-refractivity contribution is 7.89. The number of hydrogen-bond donors (Lipinski definition) is 0. The smallest absolute Gasteiger partial charge is 0.261 e. The minimum Gasteiger partial charge on any atom is -0.378 e. The minimum atomic E-state index is -4.26. The summed E-state index contributed by atoms with van der Waals surface area (Å²) >= 11 is 12.6. The van der Waals surface area contributed by atoms with Crippen molar-refractivity contribution in [2.45, 2.75) is 36.4 Å². The molecule has 0 N–H and O–H groups in total. The molecule has 15 heteroatoms. The van der Waals surface area contributed by atoms with Crippen LogP contribution in [0.4, 0.5) is 11.6 Å². The van der Waals surface area contributed by atoms with Gasteiger partial charge in [-0.15, -0.1) is 0 Å². The summed E-state index contributed by atoms with van der Waals surface area (Å²) in [6.07, 6.45) is 6.67. The van der Waals surface area contributed by atoms with E-state index in [0.717, 1.165) is 16.7 Å². The minimum absolute atomic E-state index is 0.110. The normalized spacial score (nSPS) is 21.7. The Hall–Kier alpha value is -3.88. The molecule has 2 amide bonds. The van der Waals surface area contributed by atoms with Crippen LogP contribution in [-0.2, 0) is 36.3 Å². The molecule has 2 aromatic heterocycles. The van der Waals surface area contributed by atoms with Gasteiger partial charge < -0.3 is 9.64 Å². The number of hydrogen-bond acceptors (Lipinski definition) is 8. The second-order valence-electron chi connectivity index (χ2n) is 11.6. The van der Waals surface area contributed by atoms with E-state index in [1.165, 1.54) is 26.3 Å². The third-order valence-corrected chi connectivity index (χ3v) is 11.0. The molecule has 0 bridgehead atoms. The molecule has 5 heterocycles. The summed E-state index contributed by atoms with van der Waals surface area (Å²) in [5.41, 5.74) is 1.44. The Balaban J connectivity index is 1.28. The quantitative estimate of drug-likeness (QED) is 0.287. The Kier molecular flexibility index (Phi) is 7.84. The number of aromatic nitrogens is 4. The molecular formula is C31H29Cl2N7O5S. The van der Waals surface area contributed by atoms with Gasteiger partial charge in [0.2, 0.25) is 11.9 Å². The lowest BCUT2D eigenvalue weighted by atomic mass is 9.91. The molecule has 0 unspecified atom stereocenters. The van der Waals surface area contributed by atoms with Gasteiger partial charge in [0.05, 0.1) is 25.1 Å². The molecule has 2 aromatic carbocycles. The van der Waals surface area contributed by atoms with Crippen LogP contribution >= 0.6 is 23.2 Å². The number of sulfonamides is 1. The van der Waals surface area contributed by atoms with Crippen molar-refractivity contribution < 1.29 is 22.7 Å². The van der Waals surface area contributed by atoms with Crippen LogP contribution in [0.1, 0.15) is 18.9 Å². The zero-order valence-electron chi connectivity index (χ0n) is 24.7. The lowest BCUT2D eigenvalue weighted by Crippen LogP contribution is -2.60. The van der Waals surface area contributed by atoms with E-state index in [4.69, 9.17) is 27.9 Å². The van der Waals surface area contributed by atoms with Gasteiger partial charge in [-0.25, -0.2) is 28.3 Å². The summed E-state index contributed by atoms with van der Waals surface area (Å²) < 4.78 is 36.7. The lowest BCUT2D eigenvalue weighted by molar-refractivity contribution is -0.142. The van der Waals surface area contributed by atoms with Crippen molar-refractivity contribution in [3.63, 3.8) is 0 Å². The van der Waals surface area contributed by atoms with Crippen LogP contribution in [0, 0.1) is 0 Å². The molecular weight excluding hydrogens is 653 g/mol. The lowest BCUT2D eigenvalue weighted by Gasteiger charge is -2.41. The number of ether oxygens (including phenoxy) is 1. The van der Waals surface area contributed by atoms with Gasteiger partial charge in [0.1, 0.15) is 17.9 Å². The van der Waals surface area contributed by atoms with Crippen LogP contribution in [0.15, 0.2) is 72.4 Å². The molecule has 238 valence electrons. The highest BCUT2D eigenvalue weighted by atomic mass is 35.5. The summed E-state index contributed by atoms with van der Waals surface area (Å²) in [5.74, 6) is -0.549. The Labute approximate surface area is 275 Å². The Morgan fingerprint density at radius 3 is 2.28 bits per heavy atom. The maximum atomic E-state index is 14.5. The van der Waals surface area contributed by atoms with Crippen molar-refractivity contribution in [2.24, 2.45) is 0 Å². The van der Waals surface area contributed by atoms with Crippen molar-refractivity contribution in [3.05, 3.63) is 83.0 Å². The number of anilines is 2. The number of nitrogens with zero attached hydrogens (tertiary/aromatic N) is 7. The number of benzene rings is 2. The van der Waals surface area contributed by atoms with E-state index in [1.54, 1.807) is 42.4 Å². The molecule has 46 heavy (non-hydrogen) atoms. The van der Waals surface area contributed by atoms with Crippen LogP contribution in [0.3, 0.4) is 0 Å². The van der Waals surface area contributed by atoms with Gasteiger partial charge in [-0.2, -0.15) is 4.31 Å². The molecule has 7 rings (SSSR count). The van der Waals surface area contributed by atoms with E-state index in [1.807, 2.05) is 24.3 Å². The van der Waals surface area contributed by atoms with Crippen molar-refractivity contribution in [3.8, 4) is 11.1 Å². The zero-order valence-corrected chi connectivity index (χ0v) is 27.0. The first-order chi connectivity index (χ1) is 22.1. The van der Waals surface area contributed by atoms with Crippen LogP contribution < -0.4 is 4.90 Å². The maximum Gasteiger partial charge on any atom is 0.261 e. The fourth-order valence-corrected chi connectivity index (χ4v) is 8.62. The molecule has 0 saturated carbocycles. The van der Waals surface area contributed by atoms with Gasteiger partial charge in [-0.1, -0.05) is 47.5 Å². The standard InChI is InChI=1S/C31H29Cl2N7O5S/c1-31(15-20-2-4-21(5-3-20)22-16-34-19-35-17-22)29(42)39(25-13-23(32)12-24(33)14-25)30-36-18-27(40(30)31)46(43,44)38-7-6-26(38)28(41)37-8-10-45-11-9-37/h2-5,12-14,16-19,26H,6-11,15H2,1H3/t26-,31-/m1/s1. The topological polar surface area (TPSA) is 131 Å². The van der Waals surface area contributed by atoms with Crippen molar-refractivity contribution in [1.29, 1.82) is 0 Å². The highest BCUT2D eigenvalue weighted by Crippen LogP contribution is 2.45. The maximum absolute atomic E-state index is 14.5. The van der Waals surface area contributed by atoms with E-state index in [9.17, 15) is 18.0 Å². The van der Waals surface area contributed by atoms with E-state index in [-0.39, 0.29) is 29.8 Å².